The van der Waals surface area contributed by atoms with E-state index in [1.807, 2.05) is 30.9 Å². The maximum absolute atomic E-state index is 14.2. The molecule has 0 spiro atoms. The highest BCUT2D eigenvalue weighted by atomic mass is 19.4. The summed E-state index contributed by atoms with van der Waals surface area (Å²) in [6, 6.07) is 9.90. The minimum absolute atomic E-state index is 0.0734. The zero-order valence-corrected chi connectivity index (χ0v) is 27.7. The highest BCUT2D eigenvalue weighted by molar-refractivity contribution is 6.10. The second-order valence-electron chi connectivity index (χ2n) is 13.8. The summed E-state index contributed by atoms with van der Waals surface area (Å²) in [5.41, 5.74) is -0.174. The molecule has 5 atom stereocenters. The molecule has 4 N–H and O–H groups in total. The fourth-order valence-corrected chi connectivity index (χ4v) is 7.58. The Morgan fingerprint density at radius 3 is 2.62 bits per heavy atom. The molecule has 2 aromatic rings. The number of hydrogen-bond acceptors (Lipinski definition) is 7. The van der Waals surface area contributed by atoms with Crippen LogP contribution in [0.25, 0.3) is 0 Å². The molecule has 5 rings (SSSR count). The lowest BCUT2D eigenvalue weighted by Crippen LogP contribution is -2.54. The Bertz CT molecular complexity index is 1400. The van der Waals surface area contributed by atoms with Crippen LogP contribution in [0.5, 0.6) is 0 Å². The van der Waals surface area contributed by atoms with Gasteiger partial charge in [-0.25, -0.2) is 0 Å². The van der Waals surface area contributed by atoms with E-state index in [1.54, 1.807) is 13.2 Å². The second-order valence-corrected chi connectivity index (χ2v) is 13.8. The van der Waals surface area contributed by atoms with Gasteiger partial charge in [0, 0.05) is 49.9 Å². The number of alkyl halides is 3. The molecular formula is C37H50F3NO6. The normalized spacial score (nSPS) is 26.1. The van der Waals surface area contributed by atoms with E-state index in [4.69, 9.17) is 4.74 Å². The number of nitrogens with zero attached hydrogens (tertiary/aromatic N) is 1. The largest absolute Gasteiger partial charge is 0.416 e. The Kier molecular flexibility index (Phi) is 12.5. The van der Waals surface area contributed by atoms with Gasteiger partial charge in [0.2, 0.25) is 0 Å². The highest BCUT2D eigenvalue weighted by Gasteiger charge is 2.57. The van der Waals surface area contributed by atoms with E-state index in [2.05, 4.69) is 6.08 Å². The SMILES string of the molecule is COCCCN(CC(O)CO)CC1(O)CCC2c3ccc(cc3C(=O)c3cccc(C(F)(F)F)c3)CC(O)CCC(C)=CCCC21C. The van der Waals surface area contributed by atoms with Gasteiger partial charge in [-0.1, -0.05) is 42.8 Å². The number of rotatable bonds is 11. The van der Waals surface area contributed by atoms with Crippen molar-refractivity contribution in [3.05, 3.63) is 81.9 Å². The number of halogens is 3. The molecule has 0 amide bonds. The number of benzene rings is 2. The molecule has 5 unspecified atom stereocenters. The second kappa shape index (κ2) is 15.7. The minimum Gasteiger partial charge on any atom is -0.394 e. The molecule has 3 aliphatic rings. The third-order valence-electron chi connectivity index (χ3n) is 10.4. The lowest BCUT2D eigenvalue weighted by Gasteiger charge is -2.46. The van der Waals surface area contributed by atoms with Crippen LogP contribution >= 0.6 is 0 Å². The number of fused-ring (bicyclic) bond motifs is 8. The van der Waals surface area contributed by atoms with Crippen molar-refractivity contribution in [3.8, 4) is 0 Å². The zero-order valence-electron chi connectivity index (χ0n) is 27.7. The number of carbonyl (C=O) groups excluding carboxylic acids is 1. The van der Waals surface area contributed by atoms with Crippen LogP contribution in [0.2, 0.25) is 0 Å². The van der Waals surface area contributed by atoms with Crippen LogP contribution in [0.15, 0.2) is 54.1 Å². The fraction of sp³-hybridized carbons (Fsp3) is 0.595. The van der Waals surface area contributed by atoms with Gasteiger partial charge in [0.1, 0.15) is 0 Å². The van der Waals surface area contributed by atoms with Crippen LogP contribution in [0, 0.1) is 5.41 Å². The molecule has 260 valence electrons. The van der Waals surface area contributed by atoms with Gasteiger partial charge in [-0.05, 0) is 93.5 Å². The van der Waals surface area contributed by atoms with Crippen LogP contribution in [0.3, 0.4) is 0 Å². The minimum atomic E-state index is -4.61. The maximum Gasteiger partial charge on any atom is 0.416 e. The predicted molar refractivity (Wildman–Crippen MR) is 174 cm³/mol. The van der Waals surface area contributed by atoms with Gasteiger partial charge in [0.15, 0.2) is 5.78 Å². The van der Waals surface area contributed by atoms with Gasteiger partial charge in [0.05, 0.1) is 30.0 Å². The molecule has 0 radical (unpaired) electrons. The lowest BCUT2D eigenvalue weighted by molar-refractivity contribution is -0.137. The van der Waals surface area contributed by atoms with Gasteiger partial charge in [0.25, 0.3) is 0 Å². The molecular weight excluding hydrogens is 611 g/mol. The molecule has 7 nitrogen and oxygen atoms in total. The van der Waals surface area contributed by atoms with E-state index in [-0.39, 0.29) is 30.1 Å². The Hall–Kier alpha value is -2.60. The summed E-state index contributed by atoms with van der Waals surface area (Å²) >= 11 is 0. The molecule has 10 heteroatoms. The average molecular weight is 662 g/mol. The summed E-state index contributed by atoms with van der Waals surface area (Å²) < 4.78 is 46.1. The first-order valence-corrected chi connectivity index (χ1v) is 16.6. The Morgan fingerprint density at radius 2 is 1.91 bits per heavy atom. The Labute approximate surface area is 276 Å². The van der Waals surface area contributed by atoms with Crippen molar-refractivity contribution in [2.45, 2.75) is 95.1 Å². The van der Waals surface area contributed by atoms with Crippen molar-refractivity contribution < 1.29 is 43.1 Å². The molecule has 47 heavy (non-hydrogen) atoms. The Morgan fingerprint density at radius 1 is 1.15 bits per heavy atom. The first kappa shape index (κ1) is 37.2. The van der Waals surface area contributed by atoms with Crippen LogP contribution in [0.4, 0.5) is 13.2 Å². The summed E-state index contributed by atoms with van der Waals surface area (Å²) in [6.07, 6.45) is 0.230. The number of ether oxygens (including phenoxy) is 1. The molecule has 0 aliphatic heterocycles. The number of ketones is 1. The molecule has 0 saturated heterocycles. The number of methoxy groups -OCH3 is 1. The van der Waals surface area contributed by atoms with Crippen molar-refractivity contribution in [1.29, 1.82) is 0 Å². The third kappa shape index (κ3) is 8.90. The van der Waals surface area contributed by atoms with Crippen LogP contribution in [0.1, 0.15) is 97.3 Å². The number of allylic oxidation sites excluding steroid dienone is 2. The van der Waals surface area contributed by atoms with E-state index < -0.39 is 47.4 Å². The summed E-state index contributed by atoms with van der Waals surface area (Å²) in [7, 11) is 1.61. The summed E-state index contributed by atoms with van der Waals surface area (Å²) in [5.74, 6) is -0.841. The quantitative estimate of drug-likeness (QED) is 0.140. The van der Waals surface area contributed by atoms with Gasteiger partial charge >= 0.3 is 6.18 Å². The van der Waals surface area contributed by atoms with Crippen LogP contribution in [-0.2, 0) is 17.3 Å². The number of aliphatic hydroxyl groups excluding tert-OH is 3. The van der Waals surface area contributed by atoms with E-state index >= 15 is 0 Å². The van der Waals surface area contributed by atoms with Crippen molar-refractivity contribution in [2.24, 2.45) is 5.41 Å². The first-order valence-electron chi connectivity index (χ1n) is 16.6. The van der Waals surface area contributed by atoms with E-state index in [1.165, 1.54) is 12.1 Å². The summed E-state index contributed by atoms with van der Waals surface area (Å²) in [4.78, 5) is 16.1. The third-order valence-corrected chi connectivity index (χ3v) is 10.4. The van der Waals surface area contributed by atoms with E-state index in [0.717, 1.165) is 17.7 Å². The van der Waals surface area contributed by atoms with Crippen LogP contribution in [-0.4, -0.2) is 88.9 Å². The molecule has 3 aliphatic carbocycles. The lowest BCUT2D eigenvalue weighted by atomic mass is 9.64. The molecule has 1 fully saturated rings. The Balaban J connectivity index is 1.82. The van der Waals surface area contributed by atoms with Gasteiger partial charge < -0.3 is 25.2 Å². The van der Waals surface area contributed by atoms with Crippen molar-refractivity contribution in [1.82, 2.24) is 4.90 Å². The number of hydrogen-bond donors (Lipinski definition) is 4. The zero-order chi connectivity index (χ0) is 34.4. The first-order chi connectivity index (χ1) is 22.2. The topological polar surface area (TPSA) is 110 Å². The fourth-order valence-electron chi connectivity index (χ4n) is 7.58. The number of aliphatic hydroxyl groups is 4. The molecule has 0 aromatic heterocycles. The average Bonchev–Trinajstić information content (AvgIpc) is 3.28. The maximum atomic E-state index is 14.2. The molecule has 2 aromatic carbocycles. The van der Waals surface area contributed by atoms with Crippen molar-refractivity contribution >= 4 is 5.78 Å². The van der Waals surface area contributed by atoms with Gasteiger partial charge in [-0.2, -0.15) is 13.2 Å². The summed E-state index contributed by atoms with van der Waals surface area (Å²) in [6.45, 7) is 5.08. The molecule has 2 bridgehead atoms. The van der Waals surface area contributed by atoms with Crippen molar-refractivity contribution in [3.63, 3.8) is 0 Å². The predicted octanol–water partition coefficient (Wildman–Crippen LogP) is 5.67. The van der Waals surface area contributed by atoms with E-state index in [0.29, 0.717) is 75.6 Å². The monoisotopic (exact) mass is 661 g/mol. The van der Waals surface area contributed by atoms with Crippen LogP contribution < -0.4 is 0 Å². The van der Waals surface area contributed by atoms with E-state index in [9.17, 15) is 38.4 Å². The number of carbonyl (C=O) groups is 1. The van der Waals surface area contributed by atoms with Crippen molar-refractivity contribution in [2.75, 3.05) is 40.0 Å². The smallest absolute Gasteiger partial charge is 0.394 e. The van der Waals surface area contributed by atoms with Gasteiger partial charge in [-0.15, -0.1) is 0 Å². The standard InChI is InChI=1S/C37H50F3NO6/c1-25-7-5-15-35(2)33(14-16-36(35,46)24-41(17-6-18-47-3)22-30(44)23-42)31-13-11-26(19-29(43)12-10-25)20-32(31)34(45)27-8-4-9-28(21-27)37(38,39)40/h4,7-9,11,13,20-21,29-30,33,42-44,46H,5-6,10,12,14-19,22-24H2,1-3H3. The van der Waals surface area contributed by atoms with Gasteiger partial charge in [-0.3, -0.25) is 9.69 Å². The molecule has 1 saturated carbocycles. The molecule has 0 heterocycles. The highest BCUT2D eigenvalue weighted by Crippen LogP contribution is 2.59. The summed E-state index contributed by atoms with van der Waals surface area (Å²) in [5, 5.41) is 43.4.